The Bertz CT molecular complexity index is 694. The van der Waals surface area contributed by atoms with Crippen LogP contribution in [0, 0.1) is 6.92 Å². The molecule has 0 saturated carbocycles. The molecule has 2 rings (SSSR count). The van der Waals surface area contributed by atoms with E-state index in [1.807, 2.05) is 0 Å². The molecule has 1 amide bonds. The normalized spacial score (nSPS) is 15.0. The largest absolute Gasteiger partial charge is 0.360 e. The zero-order chi connectivity index (χ0) is 17.6. The highest BCUT2D eigenvalue weighted by atomic mass is 32.2. The smallest absolute Gasteiger partial charge is 0.233 e. The van der Waals surface area contributed by atoms with E-state index in [0.717, 1.165) is 29.8 Å². The van der Waals surface area contributed by atoms with E-state index in [1.54, 1.807) is 6.92 Å². The second kappa shape index (κ2) is 8.32. The molecule has 0 fully saturated rings. The van der Waals surface area contributed by atoms with Crippen molar-refractivity contribution in [3.8, 4) is 0 Å². The highest BCUT2D eigenvalue weighted by molar-refractivity contribution is 7.92. The van der Waals surface area contributed by atoms with E-state index in [0.29, 0.717) is 12.3 Å². The summed E-state index contributed by atoms with van der Waals surface area (Å²) in [5.74, 6) is 0.555. The van der Waals surface area contributed by atoms with Crippen LogP contribution in [0.25, 0.3) is 0 Å². The van der Waals surface area contributed by atoms with Crippen LogP contribution in [0.5, 0.6) is 0 Å². The molecule has 1 aromatic heterocycles. The first-order valence-corrected chi connectivity index (χ1v) is 10.1. The van der Waals surface area contributed by atoms with Gasteiger partial charge in [-0.2, -0.15) is 0 Å². The molecule has 0 saturated heterocycles. The van der Waals surface area contributed by atoms with Gasteiger partial charge in [-0.15, -0.1) is 0 Å². The van der Waals surface area contributed by atoms with Crippen LogP contribution < -0.4 is 9.62 Å². The Hall–Kier alpha value is -1.83. The number of amides is 1. The van der Waals surface area contributed by atoms with Crippen LogP contribution >= 0.6 is 0 Å². The molecule has 1 aliphatic carbocycles. The van der Waals surface area contributed by atoms with Crippen molar-refractivity contribution in [2.24, 2.45) is 0 Å². The molecule has 0 bridgehead atoms. The van der Waals surface area contributed by atoms with Crippen LogP contribution in [0.4, 0.5) is 5.82 Å². The minimum Gasteiger partial charge on any atom is -0.360 e. The molecule has 134 valence electrons. The zero-order valence-corrected chi connectivity index (χ0v) is 15.1. The van der Waals surface area contributed by atoms with E-state index < -0.39 is 10.0 Å². The van der Waals surface area contributed by atoms with Crippen molar-refractivity contribution < 1.29 is 17.7 Å². The molecule has 1 heterocycles. The van der Waals surface area contributed by atoms with Crippen molar-refractivity contribution in [1.82, 2.24) is 10.5 Å². The monoisotopic (exact) mass is 355 g/mol. The average Bonchev–Trinajstić information content (AvgIpc) is 2.93. The van der Waals surface area contributed by atoms with Gasteiger partial charge in [0.25, 0.3) is 0 Å². The second-order valence-electron chi connectivity index (χ2n) is 6.09. The predicted molar refractivity (Wildman–Crippen MR) is 92.2 cm³/mol. The number of anilines is 1. The van der Waals surface area contributed by atoms with Gasteiger partial charge in [0.05, 0.1) is 6.26 Å². The summed E-state index contributed by atoms with van der Waals surface area (Å²) >= 11 is 0. The molecule has 0 unspecified atom stereocenters. The van der Waals surface area contributed by atoms with Gasteiger partial charge in [0.15, 0.2) is 5.82 Å². The van der Waals surface area contributed by atoms with Crippen LogP contribution in [0.2, 0.25) is 0 Å². The summed E-state index contributed by atoms with van der Waals surface area (Å²) < 4.78 is 29.8. The summed E-state index contributed by atoms with van der Waals surface area (Å²) in [5.41, 5.74) is 1.40. The number of sulfonamides is 1. The highest BCUT2D eigenvalue weighted by Crippen LogP contribution is 2.19. The minimum atomic E-state index is -3.52. The number of carbonyl (C=O) groups is 1. The number of carbonyl (C=O) groups excluding carboxylic acids is 1. The number of nitrogens with zero attached hydrogens (tertiary/aromatic N) is 2. The molecule has 1 aromatic rings. The van der Waals surface area contributed by atoms with E-state index in [4.69, 9.17) is 4.52 Å². The van der Waals surface area contributed by atoms with Gasteiger partial charge >= 0.3 is 0 Å². The lowest BCUT2D eigenvalue weighted by molar-refractivity contribution is -0.120. The number of hydrogen-bond acceptors (Lipinski definition) is 5. The molecule has 8 heteroatoms. The van der Waals surface area contributed by atoms with E-state index in [2.05, 4.69) is 16.5 Å². The Labute approximate surface area is 143 Å². The van der Waals surface area contributed by atoms with Gasteiger partial charge in [0, 0.05) is 25.6 Å². The summed E-state index contributed by atoms with van der Waals surface area (Å²) in [6, 6.07) is 1.54. The van der Waals surface area contributed by atoms with Gasteiger partial charge in [-0.05, 0) is 39.0 Å². The number of rotatable bonds is 8. The third-order valence-electron chi connectivity index (χ3n) is 3.97. The lowest BCUT2D eigenvalue weighted by Crippen LogP contribution is -2.35. The highest BCUT2D eigenvalue weighted by Gasteiger charge is 2.21. The summed E-state index contributed by atoms with van der Waals surface area (Å²) in [7, 11) is -3.52. The van der Waals surface area contributed by atoms with Gasteiger partial charge in [-0.1, -0.05) is 16.8 Å². The maximum absolute atomic E-state index is 12.0. The first-order chi connectivity index (χ1) is 11.4. The van der Waals surface area contributed by atoms with Gasteiger partial charge in [-0.25, -0.2) is 8.42 Å². The Balaban J connectivity index is 1.81. The summed E-state index contributed by atoms with van der Waals surface area (Å²) in [6.45, 7) is 2.32. The maximum atomic E-state index is 12.0. The fourth-order valence-electron chi connectivity index (χ4n) is 2.71. The maximum Gasteiger partial charge on any atom is 0.233 e. The topological polar surface area (TPSA) is 92.5 Å². The molecule has 7 nitrogen and oxygen atoms in total. The first kappa shape index (κ1) is 18.5. The number of allylic oxidation sites excluding steroid dienone is 1. The van der Waals surface area contributed by atoms with Crippen molar-refractivity contribution in [2.45, 2.75) is 45.4 Å². The molecule has 24 heavy (non-hydrogen) atoms. The van der Waals surface area contributed by atoms with E-state index in [1.165, 1.54) is 24.5 Å². The molecule has 1 N–H and O–H groups in total. The van der Waals surface area contributed by atoms with Gasteiger partial charge < -0.3 is 9.84 Å². The van der Waals surface area contributed by atoms with E-state index in [-0.39, 0.29) is 24.7 Å². The average molecular weight is 355 g/mol. The second-order valence-corrected chi connectivity index (χ2v) is 8.00. The van der Waals surface area contributed by atoms with Crippen LogP contribution in [-0.2, 0) is 14.8 Å². The van der Waals surface area contributed by atoms with Gasteiger partial charge in [0.2, 0.25) is 15.9 Å². The fourth-order valence-corrected chi connectivity index (χ4v) is 3.56. The van der Waals surface area contributed by atoms with Crippen molar-refractivity contribution >= 4 is 21.7 Å². The van der Waals surface area contributed by atoms with Crippen LogP contribution in [0.3, 0.4) is 0 Å². The predicted octanol–water partition coefficient (Wildman–Crippen LogP) is 2.15. The van der Waals surface area contributed by atoms with Crippen molar-refractivity contribution in [3.05, 3.63) is 23.5 Å². The summed E-state index contributed by atoms with van der Waals surface area (Å²) in [5, 5.41) is 6.56. The van der Waals surface area contributed by atoms with Crippen molar-refractivity contribution in [1.29, 1.82) is 0 Å². The van der Waals surface area contributed by atoms with Crippen LogP contribution in [0.1, 0.15) is 44.3 Å². The third-order valence-corrected chi connectivity index (χ3v) is 5.14. The summed E-state index contributed by atoms with van der Waals surface area (Å²) in [6.07, 6.45) is 9.01. The number of nitrogens with one attached hydrogen (secondary N) is 1. The molecular formula is C16H25N3O4S. The molecular weight excluding hydrogens is 330 g/mol. The van der Waals surface area contributed by atoms with Crippen LogP contribution in [0.15, 0.2) is 22.2 Å². The molecule has 0 aliphatic heterocycles. The van der Waals surface area contributed by atoms with Crippen molar-refractivity contribution in [3.63, 3.8) is 0 Å². The third kappa shape index (κ3) is 5.67. The minimum absolute atomic E-state index is 0.0410. The van der Waals surface area contributed by atoms with E-state index >= 15 is 0 Å². The number of aromatic nitrogens is 1. The Kier molecular flexibility index (Phi) is 6.42. The number of aryl methyl sites for hydroxylation is 1. The van der Waals surface area contributed by atoms with E-state index in [9.17, 15) is 13.2 Å². The molecule has 0 spiro atoms. The molecule has 1 aliphatic rings. The fraction of sp³-hybridized carbons (Fsp3) is 0.625. The Morgan fingerprint density at radius 2 is 2.21 bits per heavy atom. The summed E-state index contributed by atoms with van der Waals surface area (Å²) in [4.78, 5) is 12.0. The SMILES string of the molecule is Cc1cc(N(CCC(=O)NCCC2=CCCCC2)S(C)(=O)=O)no1. The van der Waals surface area contributed by atoms with Gasteiger partial charge in [-0.3, -0.25) is 9.10 Å². The Morgan fingerprint density at radius 1 is 1.42 bits per heavy atom. The lowest BCUT2D eigenvalue weighted by Gasteiger charge is -2.18. The first-order valence-electron chi connectivity index (χ1n) is 8.22. The van der Waals surface area contributed by atoms with Crippen molar-refractivity contribution in [2.75, 3.05) is 23.7 Å². The quantitative estimate of drug-likeness (QED) is 0.721. The molecule has 0 atom stereocenters. The lowest BCUT2D eigenvalue weighted by atomic mass is 9.97. The van der Waals surface area contributed by atoms with Gasteiger partial charge in [0.1, 0.15) is 5.76 Å². The van der Waals surface area contributed by atoms with Crippen LogP contribution in [-0.4, -0.2) is 38.8 Å². The standard InChI is InChI=1S/C16H25N3O4S/c1-13-12-15(18-23-13)19(24(2,21)22)11-9-16(20)17-10-8-14-6-4-3-5-7-14/h6,12H,3-5,7-11H2,1-2H3,(H,17,20). The Morgan fingerprint density at radius 3 is 2.79 bits per heavy atom. The number of hydrogen-bond donors (Lipinski definition) is 1. The zero-order valence-electron chi connectivity index (χ0n) is 14.2. The molecule has 0 aromatic carbocycles. The molecule has 0 radical (unpaired) electrons.